The molecule has 0 aromatic heterocycles. The van der Waals surface area contributed by atoms with Crippen LogP contribution in [0.4, 0.5) is 0 Å². The minimum atomic E-state index is -1.16. The van der Waals surface area contributed by atoms with Crippen molar-refractivity contribution in [3.05, 3.63) is 0 Å². The molecular formula is C29H51N5O7. The van der Waals surface area contributed by atoms with Crippen LogP contribution in [0.25, 0.3) is 0 Å². The summed E-state index contributed by atoms with van der Waals surface area (Å²) in [5, 5.41) is 20.2. The van der Waals surface area contributed by atoms with Gasteiger partial charge in [-0.05, 0) is 44.1 Å². The second-order valence-corrected chi connectivity index (χ2v) is 12.0. The van der Waals surface area contributed by atoms with E-state index in [9.17, 15) is 33.9 Å². The van der Waals surface area contributed by atoms with Gasteiger partial charge in [0, 0.05) is 13.5 Å². The molecule has 12 heteroatoms. The normalized spacial score (nSPS) is 16.8. The summed E-state index contributed by atoms with van der Waals surface area (Å²) >= 11 is 0. The molecule has 0 bridgehead atoms. The number of aldehydes is 1. The monoisotopic (exact) mass is 581 g/mol. The highest BCUT2D eigenvalue weighted by Crippen LogP contribution is 2.27. The van der Waals surface area contributed by atoms with Gasteiger partial charge >= 0.3 is 5.97 Å². The Kier molecular flexibility index (Phi) is 16.2. The number of nitrogens with zero attached hydrogens (tertiary/aromatic N) is 1. The summed E-state index contributed by atoms with van der Waals surface area (Å²) in [5.74, 6) is -2.93. The van der Waals surface area contributed by atoms with Crippen molar-refractivity contribution < 1.29 is 33.9 Å². The number of rotatable bonds is 18. The number of hydrogen-bond acceptors (Lipinski definition) is 7. The third kappa shape index (κ3) is 13.5. The van der Waals surface area contributed by atoms with Gasteiger partial charge < -0.3 is 36.1 Å². The largest absolute Gasteiger partial charge is 0.480 e. The van der Waals surface area contributed by atoms with Crippen LogP contribution in [0.1, 0.15) is 85.5 Å². The van der Waals surface area contributed by atoms with Crippen LogP contribution in [-0.2, 0) is 28.8 Å². The number of likely N-dealkylation sites (N-methyl/N-ethyl adjacent to an activating group) is 2. The molecule has 0 spiro atoms. The zero-order valence-corrected chi connectivity index (χ0v) is 25.5. The Balaban J connectivity index is 2.89. The predicted molar refractivity (Wildman–Crippen MR) is 155 cm³/mol. The first-order valence-corrected chi connectivity index (χ1v) is 14.8. The first kappa shape index (κ1) is 36.0. The van der Waals surface area contributed by atoms with E-state index in [-0.39, 0.29) is 37.0 Å². The SMILES string of the molecule is CN[C@@H](CC1CCCCC1)C(=O)NC(CC=O)C(=O)N[C@@H](CC(C)C)C(=O)N(C)CC(=O)N[C@@H](CC(C)C)C(=O)O. The van der Waals surface area contributed by atoms with Crippen molar-refractivity contribution in [3.63, 3.8) is 0 Å². The molecule has 41 heavy (non-hydrogen) atoms. The average Bonchev–Trinajstić information content (AvgIpc) is 2.90. The van der Waals surface area contributed by atoms with Crippen LogP contribution in [0.5, 0.6) is 0 Å². The van der Waals surface area contributed by atoms with E-state index in [1.165, 1.54) is 13.5 Å². The molecule has 4 atom stereocenters. The van der Waals surface area contributed by atoms with E-state index in [4.69, 9.17) is 0 Å². The maximum absolute atomic E-state index is 13.3. The van der Waals surface area contributed by atoms with Crippen LogP contribution >= 0.6 is 0 Å². The van der Waals surface area contributed by atoms with E-state index in [1.54, 1.807) is 7.05 Å². The van der Waals surface area contributed by atoms with E-state index >= 15 is 0 Å². The highest BCUT2D eigenvalue weighted by atomic mass is 16.4. The van der Waals surface area contributed by atoms with Gasteiger partial charge in [-0.3, -0.25) is 19.2 Å². The van der Waals surface area contributed by atoms with Crippen LogP contribution in [0.3, 0.4) is 0 Å². The van der Waals surface area contributed by atoms with Gasteiger partial charge in [0.25, 0.3) is 0 Å². The van der Waals surface area contributed by atoms with E-state index in [1.807, 2.05) is 27.7 Å². The number of carbonyl (C=O) groups is 6. The molecule has 0 radical (unpaired) electrons. The number of amides is 4. The molecule has 234 valence electrons. The van der Waals surface area contributed by atoms with Crippen molar-refractivity contribution in [2.45, 2.75) is 110 Å². The molecule has 0 heterocycles. The highest BCUT2D eigenvalue weighted by Gasteiger charge is 2.32. The fourth-order valence-corrected chi connectivity index (χ4v) is 5.17. The molecule has 0 aromatic carbocycles. The molecule has 4 amide bonds. The van der Waals surface area contributed by atoms with E-state index in [2.05, 4.69) is 21.3 Å². The number of nitrogens with one attached hydrogen (secondary N) is 4. The lowest BCUT2D eigenvalue weighted by Crippen LogP contribution is -2.57. The van der Waals surface area contributed by atoms with E-state index in [0.717, 1.165) is 30.6 Å². The molecule has 0 aromatic rings. The quantitative estimate of drug-likeness (QED) is 0.150. The predicted octanol–water partition coefficient (Wildman–Crippen LogP) is 1.22. The van der Waals surface area contributed by atoms with Crippen molar-refractivity contribution in [2.24, 2.45) is 17.8 Å². The van der Waals surface area contributed by atoms with Gasteiger partial charge in [0.05, 0.1) is 12.6 Å². The van der Waals surface area contributed by atoms with Crippen molar-refractivity contribution in [2.75, 3.05) is 20.6 Å². The van der Waals surface area contributed by atoms with Gasteiger partial charge in [-0.1, -0.05) is 59.8 Å². The first-order valence-electron chi connectivity index (χ1n) is 14.8. The summed E-state index contributed by atoms with van der Waals surface area (Å²) in [6.07, 6.45) is 7.01. The first-order chi connectivity index (χ1) is 19.3. The van der Waals surface area contributed by atoms with Gasteiger partial charge in [0.15, 0.2) is 0 Å². The fourth-order valence-electron chi connectivity index (χ4n) is 5.17. The lowest BCUT2D eigenvalue weighted by molar-refractivity contribution is -0.143. The second kappa shape index (κ2) is 18.4. The van der Waals surface area contributed by atoms with Crippen LogP contribution < -0.4 is 21.3 Å². The maximum Gasteiger partial charge on any atom is 0.326 e. The molecule has 0 saturated heterocycles. The molecule has 1 fully saturated rings. The highest BCUT2D eigenvalue weighted by molar-refractivity contribution is 5.95. The second-order valence-electron chi connectivity index (χ2n) is 12.0. The summed E-state index contributed by atoms with van der Waals surface area (Å²) in [7, 11) is 3.08. The molecule has 1 unspecified atom stereocenters. The van der Waals surface area contributed by atoms with Gasteiger partial charge in [-0.25, -0.2) is 4.79 Å². The zero-order valence-electron chi connectivity index (χ0n) is 25.5. The lowest BCUT2D eigenvalue weighted by atomic mass is 9.84. The third-order valence-electron chi connectivity index (χ3n) is 7.34. The minimum Gasteiger partial charge on any atom is -0.480 e. The Morgan fingerprint density at radius 2 is 1.37 bits per heavy atom. The number of aliphatic carboxylic acids is 1. The zero-order chi connectivity index (χ0) is 31.1. The molecule has 5 N–H and O–H groups in total. The smallest absolute Gasteiger partial charge is 0.326 e. The van der Waals surface area contributed by atoms with Crippen molar-refractivity contribution in [3.8, 4) is 0 Å². The molecule has 12 nitrogen and oxygen atoms in total. The number of carbonyl (C=O) groups excluding carboxylic acids is 5. The summed E-state index contributed by atoms with van der Waals surface area (Å²) in [5.41, 5.74) is 0. The van der Waals surface area contributed by atoms with Gasteiger partial charge in [-0.2, -0.15) is 0 Å². The Morgan fingerprint density at radius 3 is 1.88 bits per heavy atom. The van der Waals surface area contributed by atoms with Crippen molar-refractivity contribution in [1.29, 1.82) is 0 Å². The fraction of sp³-hybridized carbons (Fsp3) is 0.793. The van der Waals surface area contributed by atoms with Crippen LogP contribution in [0, 0.1) is 17.8 Å². The lowest BCUT2D eigenvalue weighted by Gasteiger charge is -2.29. The van der Waals surface area contributed by atoms with Gasteiger partial charge in [-0.15, -0.1) is 0 Å². The van der Waals surface area contributed by atoms with Crippen LogP contribution in [-0.4, -0.2) is 90.7 Å². The molecule has 1 aliphatic rings. The molecule has 1 saturated carbocycles. The van der Waals surface area contributed by atoms with Crippen LogP contribution in [0.2, 0.25) is 0 Å². The summed E-state index contributed by atoms with van der Waals surface area (Å²) < 4.78 is 0. The van der Waals surface area contributed by atoms with Crippen molar-refractivity contribution >= 4 is 35.9 Å². The number of carboxylic acid groups (broad SMARTS) is 1. The standard InChI is InChI=1S/C29H51N5O7/c1-18(2)14-23(28(39)34(6)17-25(36)31-24(29(40)41)15-19(3)4)33-26(37)21(12-13-35)32-27(38)22(30-5)16-20-10-8-7-9-11-20/h13,18-24,30H,7-12,14-17H2,1-6H3,(H,31,36)(H,32,38)(H,33,37)(H,40,41)/t21?,22-,23-,24-/m0/s1. The Labute approximate surface area is 244 Å². The Hall–Kier alpha value is -3.02. The Bertz CT molecular complexity index is 889. The molecular weight excluding hydrogens is 530 g/mol. The number of hydrogen-bond donors (Lipinski definition) is 5. The average molecular weight is 582 g/mol. The number of carboxylic acids is 1. The summed E-state index contributed by atoms with van der Waals surface area (Å²) in [6.45, 7) is 7.02. The topological polar surface area (TPSA) is 174 Å². The Morgan fingerprint density at radius 1 is 0.829 bits per heavy atom. The van der Waals surface area contributed by atoms with Gasteiger partial charge in [0.1, 0.15) is 24.4 Å². The molecule has 1 aliphatic carbocycles. The van der Waals surface area contributed by atoms with E-state index in [0.29, 0.717) is 18.6 Å². The van der Waals surface area contributed by atoms with Crippen molar-refractivity contribution in [1.82, 2.24) is 26.2 Å². The summed E-state index contributed by atoms with van der Waals surface area (Å²) in [4.78, 5) is 76.0. The summed E-state index contributed by atoms with van der Waals surface area (Å²) in [6, 6.07) is -3.77. The third-order valence-corrected chi connectivity index (χ3v) is 7.34. The minimum absolute atomic E-state index is 0.00261. The maximum atomic E-state index is 13.3. The molecule has 1 rings (SSSR count). The van der Waals surface area contributed by atoms with Gasteiger partial charge in [0.2, 0.25) is 23.6 Å². The molecule has 0 aliphatic heterocycles. The van der Waals surface area contributed by atoms with Crippen LogP contribution in [0.15, 0.2) is 0 Å². The van der Waals surface area contributed by atoms with E-state index < -0.39 is 54.4 Å².